The van der Waals surface area contributed by atoms with Crippen molar-refractivity contribution >= 4 is 17.4 Å². The molecule has 1 N–H and O–H groups in total. The number of Topliss-reactive ketones (excluding diaryl/α,β-unsaturated/α-hetero) is 1. The Balaban J connectivity index is 1.64. The second-order valence-electron chi connectivity index (χ2n) is 9.05. The molecule has 32 heavy (non-hydrogen) atoms. The van der Waals surface area contributed by atoms with Crippen LogP contribution in [0.5, 0.6) is 5.75 Å². The molecule has 1 saturated heterocycles. The summed E-state index contributed by atoms with van der Waals surface area (Å²) in [4.78, 5) is 30.3. The SMILES string of the molecule is COc1ccc([C@@H]2CN(C)[C@]3(C(=O)Nc4ccccc43)[C@]23Cc2ccccc2C3=O)cc1. The number of nitrogens with one attached hydrogen (secondary N) is 1. The maximum atomic E-state index is 14.4. The Hall–Kier alpha value is -3.44. The van der Waals surface area contributed by atoms with E-state index in [0.29, 0.717) is 13.0 Å². The van der Waals surface area contributed by atoms with E-state index < -0.39 is 11.0 Å². The van der Waals surface area contributed by atoms with Crippen molar-refractivity contribution in [2.45, 2.75) is 17.9 Å². The fourth-order valence-corrected chi connectivity index (χ4v) is 6.54. The average Bonchev–Trinajstić information content (AvgIpc) is 3.39. The number of para-hydroxylation sites is 1. The van der Waals surface area contributed by atoms with Crippen molar-refractivity contribution in [1.29, 1.82) is 0 Å². The van der Waals surface area contributed by atoms with Crippen LogP contribution in [0.3, 0.4) is 0 Å². The minimum atomic E-state index is -1.07. The lowest BCUT2D eigenvalue weighted by atomic mass is 9.59. The van der Waals surface area contributed by atoms with E-state index in [1.165, 1.54) is 0 Å². The number of carbonyl (C=O) groups is 2. The summed E-state index contributed by atoms with van der Waals surface area (Å²) >= 11 is 0. The summed E-state index contributed by atoms with van der Waals surface area (Å²) in [6, 6.07) is 23.6. The molecule has 6 rings (SSSR count). The molecule has 5 nitrogen and oxygen atoms in total. The van der Waals surface area contributed by atoms with Crippen molar-refractivity contribution in [1.82, 2.24) is 4.90 Å². The highest BCUT2D eigenvalue weighted by Crippen LogP contribution is 2.66. The summed E-state index contributed by atoms with van der Waals surface area (Å²) in [6.45, 7) is 0.605. The molecule has 1 amide bonds. The highest BCUT2D eigenvalue weighted by molar-refractivity contribution is 6.16. The Morgan fingerprint density at radius 3 is 2.44 bits per heavy atom. The van der Waals surface area contributed by atoms with Crippen LogP contribution in [-0.2, 0) is 16.8 Å². The first-order valence-corrected chi connectivity index (χ1v) is 10.9. The van der Waals surface area contributed by atoms with E-state index in [-0.39, 0.29) is 17.6 Å². The number of ketones is 1. The van der Waals surface area contributed by atoms with Gasteiger partial charge in [-0.05, 0) is 42.8 Å². The molecular formula is C27H24N2O3. The number of anilines is 1. The normalized spacial score (nSPS) is 28.2. The predicted octanol–water partition coefficient (Wildman–Crippen LogP) is 4.00. The second-order valence-corrected chi connectivity index (χ2v) is 9.05. The summed E-state index contributed by atoms with van der Waals surface area (Å²) in [5.41, 5.74) is 2.49. The van der Waals surface area contributed by atoms with Gasteiger partial charge in [0.1, 0.15) is 11.3 Å². The van der Waals surface area contributed by atoms with Gasteiger partial charge in [-0.15, -0.1) is 0 Å². The fraction of sp³-hybridized carbons (Fsp3) is 0.259. The van der Waals surface area contributed by atoms with Crippen LogP contribution in [-0.4, -0.2) is 37.3 Å². The Bertz CT molecular complexity index is 1270. The third-order valence-electron chi connectivity index (χ3n) is 7.82. The quantitative estimate of drug-likeness (QED) is 0.676. The third-order valence-corrected chi connectivity index (χ3v) is 7.82. The molecule has 0 radical (unpaired) electrons. The van der Waals surface area contributed by atoms with Crippen molar-refractivity contribution < 1.29 is 14.3 Å². The van der Waals surface area contributed by atoms with E-state index in [4.69, 9.17) is 4.74 Å². The fourth-order valence-electron chi connectivity index (χ4n) is 6.54. The van der Waals surface area contributed by atoms with Crippen molar-refractivity contribution in [2.75, 3.05) is 26.0 Å². The van der Waals surface area contributed by atoms with Crippen LogP contribution in [0.4, 0.5) is 5.69 Å². The monoisotopic (exact) mass is 424 g/mol. The highest BCUT2D eigenvalue weighted by Gasteiger charge is 2.74. The molecule has 2 spiro atoms. The number of ether oxygens (including phenoxy) is 1. The maximum absolute atomic E-state index is 14.4. The van der Waals surface area contributed by atoms with Crippen LogP contribution < -0.4 is 10.1 Å². The van der Waals surface area contributed by atoms with E-state index >= 15 is 0 Å². The van der Waals surface area contributed by atoms with Crippen molar-refractivity contribution in [3.8, 4) is 5.75 Å². The van der Waals surface area contributed by atoms with E-state index in [2.05, 4.69) is 10.2 Å². The van der Waals surface area contributed by atoms with Crippen LogP contribution in [0.2, 0.25) is 0 Å². The molecule has 3 aromatic carbocycles. The number of fused-ring (bicyclic) bond motifs is 4. The number of carbonyl (C=O) groups excluding carboxylic acids is 2. The minimum Gasteiger partial charge on any atom is -0.497 e. The first-order valence-electron chi connectivity index (χ1n) is 10.9. The molecule has 0 bridgehead atoms. The van der Waals surface area contributed by atoms with Gasteiger partial charge in [0.25, 0.3) is 5.91 Å². The summed E-state index contributed by atoms with van der Waals surface area (Å²) < 4.78 is 5.36. The van der Waals surface area contributed by atoms with Gasteiger partial charge in [0, 0.05) is 29.3 Å². The zero-order chi connectivity index (χ0) is 22.1. The lowest BCUT2D eigenvalue weighted by Crippen LogP contribution is -2.58. The first kappa shape index (κ1) is 19.3. The molecule has 0 saturated carbocycles. The summed E-state index contributed by atoms with van der Waals surface area (Å²) in [5, 5.41) is 3.10. The molecule has 0 aromatic heterocycles. The Kier molecular flexibility index (Phi) is 3.93. The van der Waals surface area contributed by atoms with Gasteiger partial charge in [0.05, 0.1) is 12.5 Å². The average molecular weight is 425 g/mol. The number of likely N-dealkylation sites (tertiary alicyclic amines) is 1. The molecule has 1 fully saturated rings. The smallest absolute Gasteiger partial charge is 0.250 e. The van der Waals surface area contributed by atoms with E-state index in [1.807, 2.05) is 79.8 Å². The molecular weight excluding hydrogens is 400 g/mol. The predicted molar refractivity (Wildman–Crippen MR) is 122 cm³/mol. The van der Waals surface area contributed by atoms with E-state index in [0.717, 1.165) is 33.7 Å². The maximum Gasteiger partial charge on any atom is 0.250 e. The van der Waals surface area contributed by atoms with Crippen LogP contribution >= 0.6 is 0 Å². The summed E-state index contributed by atoms with van der Waals surface area (Å²) in [7, 11) is 3.62. The van der Waals surface area contributed by atoms with E-state index in [1.54, 1.807) is 7.11 Å². The molecule has 3 atom stereocenters. The topological polar surface area (TPSA) is 58.6 Å². The van der Waals surface area contributed by atoms with Crippen LogP contribution in [0.15, 0.2) is 72.8 Å². The van der Waals surface area contributed by atoms with Gasteiger partial charge in [-0.2, -0.15) is 0 Å². The number of nitrogens with zero attached hydrogens (tertiary/aromatic N) is 1. The molecule has 1 aliphatic carbocycles. The van der Waals surface area contributed by atoms with Crippen LogP contribution in [0.25, 0.3) is 0 Å². The van der Waals surface area contributed by atoms with Gasteiger partial charge in [0.15, 0.2) is 5.78 Å². The molecule has 3 aliphatic rings. The molecule has 2 heterocycles. The van der Waals surface area contributed by atoms with E-state index in [9.17, 15) is 9.59 Å². The van der Waals surface area contributed by atoms with Gasteiger partial charge in [-0.25, -0.2) is 0 Å². The summed E-state index contributed by atoms with van der Waals surface area (Å²) in [5.74, 6) is 0.576. The number of likely N-dealkylation sites (N-methyl/N-ethyl adjacent to an activating group) is 1. The van der Waals surface area contributed by atoms with Crippen LogP contribution in [0, 0.1) is 5.41 Å². The summed E-state index contributed by atoms with van der Waals surface area (Å²) in [6.07, 6.45) is 0.533. The lowest BCUT2D eigenvalue weighted by Gasteiger charge is -2.43. The van der Waals surface area contributed by atoms with Gasteiger partial charge in [-0.3, -0.25) is 14.5 Å². The lowest BCUT2D eigenvalue weighted by molar-refractivity contribution is -0.130. The number of benzene rings is 3. The Morgan fingerprint density at radius 2 is 1.69 bits per heavy atom. The van der Waals surface area contributed by atoms with Crippen molar-refractivity contribution in [3.63, 3.8) is 0 Å². The number of hydrogen-bond acceptors (Lipinski definition) is 4. The minimum absolute atomic E-state index is 0.0603. The zero-order valence-corrected chi connectivity index (χ0v) is 18.1. The van der Waals surface area contributed by atoms with Gasteiger partial charge < -0.3 is 10.1 Å². The van der Waals surface area contributed by atoms with Crippen LogP contribution in [0.1, 0.15) is 33.0 Å². The largest absolute Gasteiger partial charge is 0.497 e. The standard InChI is InChI=1S/C27H24N2O3/c1-29-16-22(17-11-13-19(32-2)14-12-17)26(15-18-7-3-4-8-20(18)24(26)30)27(29)21-9-5-6-10-23(21)28-25(27)31/h3-14,22H,15-16H2,1-2H3,(H,28,31)/t22-,26+,27+/m0/s1. The molecule has 2 aliphatic heterocycles. The third kappa shape index (κ3) is 2.12. The number of hydrogen-bond donors (Lipinski definition) is 1. The number of methoxy groups -OCH3 is 1. The zero-order valence-electron chi connectivity index (χ0n) is 18.1. The Morgan fingerprint density at radius 1 is 0.969 bits per heavy atom. The Labute approximate surface area is 187 Å². The molecule has 3 aromatic rings. The van der Waals surface area contributed by atoms with Crippen molar-refractivity contribution in [2.24, 2.45) is 5.41 Å². The number of amides is 1. The highest BCUT2D eigenvalue weighted by atomic mass is 16.5. The van der Waals surface area contributed by atoms with Crippen molar-refractivity contribution in [3.05, 3.63) is 95.1 Å². The molecule has 5 heteroatoms. The van der Waals surface area contributed by atoms with Gasteiger partial charge >= 0.3 is 0 Å². The first-order chi connectivity index (χ1) is 15.5. The number of rotatable bonds is 2. The molecule has 0 unspecified atom stereocenters. The van der Waals surface area contributed by atoms with Gasteiger partial charge in [0.2, 0.25) is 0 Å². The van der Waals surface area contributed by atoms with Gasteiger partial charge in [-0.1, -0.05) is 54.6 Å². The molecule has 160 valence electrons. The second kappa shape index (κ2) is 6.53.